The molecule has 3 N–H and O–H groups in total. The van der Waals surface area contributed by atoms with Crippen LogP contribution in [0.15, 0.2) is 42.5 Å². The zero-order chi connectivity index (χ0) is 21.7. The summed E-state index contributed by atoms with van der Waals surface area (Å²) in [5.74, 6) is 1.37. The fourth-order valence-corrected chi connectivity index (χ4v) is 3.29. The summed E-state index contributed by atoms with van der Waals surface area (Å²) in [5.41, 5.74) is 2.46. The van der Waals surface area contributed by atoms with E-state index in [-0.39, 0.29) is 19.0 Å². The number of amides is 1. The minimum Gasteiger partial charge on any atom is -0.497 e. The molecule has 1 heterocycles. The maximum atomic E-state index is 12.5. The number of aliphatic hydroxyl groups excluding tert-OH is 1. The monoisotopic (exact) mass is 428 g/mol. The molecule has 3 aromatic rings. The van der Waals surface area contributed by atoms with Crippen LogP contribution in [-0.2, 0) is 11.3 Å². The number of nitrogens with zero attached hydrogens (tertiary/aromatic N) is 2. The van der Waals surface area contributed by atoms with Gasteiger partial charge >= 0.3 is 0 Å². The highest BCUT2D eigenvalue weighted by Gasteiger charge is 2.17. The third kappa shape index (κ3) is 4.87. The number of hydrogen-bond acceptors (Lipinski definition) is 6. The number of H-pyrrole nitrogens is 1. The molecule has 0 saturated heterocycles. The third-order valence-corrected chi connectivity index (χ3v) is 4.94. The van der Waals surface area contributed by atoms with Crippen molar-refractivity contribution in [2.24, 2.45) is 0 Å². The summed E-state index contributed by atoms with van der Waals surface area (Å²) in [6.45, 7) is 1.96. The van der Waals surface area contributed by atoms with Crippen molar-refractivity contribution in [2.45, 2.75) is 19.6 Å². The number of methoxy groups -OCH3 is 2. The highest BCUT2D eigenvalue weighted by Crippen LogP contribution is 2.29. The number of carbonyl (C=O) groups excluding carboxylic acids is 1. The second kappa shape index (κ2) is 9.55. The summed E-state index contributed by atoms with van der Waals surface area (Å²) in [5, 5.41) is 20.3. The fourth-order valence-electron chi connectivity index (χ4n) is 3.09. The molecule has 0 spiro atoms. The molecular weight excluding hydrogens is 404 g/mol. The van der Waals surface area contributed by atoms with Gasteiger partial charge in [-0.15, -0.1) is 0 Å². The van der Waals surface area contributed by atoms with Crippen LogP contribution in [0.5, 0.6) is 11.5 Å². The molecule has 1 atom stereocenters. The summed E-state index contributed by atoms with van der Waals surface area (Å²) < 4.78 is 12.5. The van der Waals surface area contributed by atoms with Gasteiger partial charge in [-0.2, -0.15) is 5.10 Å². The zero-order valence-corrected chi connectivity index (χ0v) is 17.8. The van der Waals surface area contributed by atoms with E-state index >= 15 is 0 Å². The van der Waals surface area contributed by atoms with Crippen molar-refractivity contribution in [2.75, 3.05) is 20.8 Å². The van der Waals surface area contributed by atoms with Crippen LogP contribution in [0.2, 0.25) is 0 Å². The van der Waals surface area contributed by atoms with Crippen LogP contribution >= 0.6 is 12.2 Å². The summed E-state index contributed by atoms with van der Waals surface area (Å²) in [4.78, 5) is 12.5. The number of nitrogens with one attached hydrogen (secondary N) is 2. The lowest BCUT2D eigenvalue weighted by Gasteiger charge is -2.17. The van der Waals surface area contributed by atoms with Gasteiger partial charge in [0.15, 0.2) is 10.6 Å². The molecule has 0 aliphatic heterocycles. The first-order valence-electron chi connectivity index (χ1n) is 9.32. The first-order chi connectivity index (χ1) is 14.4. The zero-order valence-electron chi connectivity index (χ0n) is 17.0. The van der Waals surface area contributed by atoms with Gasteiger partial charge < -0.3 is 19.9 Å². The van der Waals surface area contributed by atoms with E-state index in [0.717, 1.165) is 11.1 Å². The van der Waals surface area contributed by atoms with Crippen LogP contribution in [-0.4, -0.2) is 46.5 Å². The van der Waals surface area contributed by atoms with Gasteiger partial charge in [0.2, 0.25) is 5.91 Å². The predicted molar refractivity (Wildman–Crippen MR) is 115 cm³/mol. The number of aryl methyl sites for hydroxylation is 1. The summed E-state index contributed by atoms with van der Waals surface area (Å²) >= 11 is 5.28. The maximum Gasteiger partial charge on any atom is 0.240 e. The molecular formula is C21H24N4O4S. The minimum atomic E-state index is -0.965. The molecule has 2 aromatic carbocycles. The van der Waals surface area contributed by atoms with Crippen molar-refractivity contribution in [3.8, 4) is 22.9 Å². The standard InChI is InChI=1S/C21H24N4O4S/c1-13-5-4-6-14(9-13)20-23-24-21(30)25(20)12-19(27)22-11-17(26)16-10-15(28-2)7-8-18(16)29-3/h4-10,17,26H,11-12H2,1-3H3,(H,22,27)(H,24,30). The Bertz CT molecular complexity index is 1090. The van der Waals surface area contributed by atoms with Crippen molar-refractivity contribution >= 4 is 18.1 Å². The molecule has 30 heavy (non-hydrogen) atoms. The lowest BCUT2D eigenvalue weighted by Crippen LogP contribution is -2.31. The molecule has 1 amide bonds. The number of carbonyl (C=O) groups is 1. The SMILES string of the molecule is COc1ccc(OC)c(C(O)CNC(=O)Cn2c(-c3cccc(C)c3)n[nH]c2=S)c1. The van der Waals surface area contributed by atoms with Gasteiger partial charge in [0.05, 0.1) is 20.3 Å². The van der Waals surface area contributed by atoms with Gasteiger partial charge in [0.25, 0.3) is 0 Å². The molecule has 9 heteroatoms. The van der Waals surface area contributed by atoms with E-state index in [1.165, 1.54) is 7.11 Å². The average molecular weight is 429 g/mol. The molecule has 0 aliphatic carbocycles. The molecule has 0 radical (unpaired) electrons. The van der Waals surface area contributed by atoms with Crippen molar-refractivity contribution in [1.82, 2.24) is 20.1 Å². The van der Waals surface area contributed by atoms with Crippen LogP contribution in [0.25, 0.3) is 11.4 Å². The van der Waals surface area contributed by atoms with E-state index in [0.29, 0.717) is 27.7 Å². The summed E-state index contributed by atoms with van der Waals surface area (Å²) in [7, 11) is 3.06. The summed E-state index contributed by atoms with van der Waals surface area (Å²) in [6.07, 6.45) is -0.965. The van der Waals surface area contributed by atoms with E-state index in [4.69, 9.17) is 21.7 Å². The maximum absolute atomic E-state index is 12.5. The number of aromatic amines is 1. The van der Waals surface area contributed by atoms with Gasteiger partial charge in [0, 0.05) is 17.7 Å². The van der Waals surface area contributed by atoms with E-state index in [2.05, 4.69) is 15.5 Å². The second-order valence-electron chi connectivity index (χ2n) is 6.74. The van der Waals surface area contributed by atoms with Gasteiger partial charge in [-0.3, -0.25) is 14.5 Å². The summed E-state index contributed by atoms with van der Waals surface area (Å²) in [6, 6.07) is 12.9. The molecule has 1 aromatic heterocycles. The molecule has 158 valence electrons. The van der Waals surface area contributed by atoms with Crippen LogP contribution in [0, 0.1) is 11.7 Å². The number of aromatic nitrogens is 3. The fraction of sp³-hybridized carbons (Fsp3) is 0.286. The predicted octanol–water partition coefficient (Wildman–Crippen LogP) is 2.78. The van der Waals surface area contributed by atoms with Crippen LogP contribution < -0.4 is 14.8 Å². The first kappa shape index (κ1) is 21.5. The first-order valence-corrected chi connectivity index (χ1v) is 9.72. The molecule has 0 saturated carbocycles. The smallest absolute Gasteiger partial charge is 0.240 e. The number of hydrogen-bond donors (Lipinski definition) is 3. The van der Waals surface area contributed by atoms with Crippen molar-refractivity contribution in [1.29, 1.82) is 0 Å². The Labute approximate surface area is 179 Å². The molecule has 3 rings (SSSR count). The van der Waals surface area contributed by atoms with E-state index in [1.807, 2.05) is 31.2 Å². The molecule has 0 aliphatic rings. The molecule has 8 nitrogen and oxygen atoms in total. The lowest BCUT2D eigenvalue weighted by molar-refractivity contribution is -0.122. The van der Waals surface area contributed by atoms with Crippen molar-refractivity contribution in [3.63, 3.8) is 0 Å². The average Bonchev–Trinajstić information content (AvgIpc) is 3.11. The van der Waals surface area contributed by atoms with E-state index in [1.54, 1.807) is 29.9 Å². The Kier molecular flexibility index (Phi) is 6.86. The largest absolute Gasteiger partial charge is 0.497 e. The Balaban J connectivity index is 1.70. The Morgan fingerprint density at radius 3 is 2.77 bits per heavy atom. The van der Waals surface area contributed by atoms with Crippen molar-refractivity contribution < 1.29 is 19.4 Å². The third-order valence-electron chi connectivity index (χ3n) is 4.62. The van der Waals surface area contributed by atoms with Crippen LogP contribution in [0.4, 0.5) is 0 Å². The van der Waals surface area contributed by atoms with E-state index < -0.39 is 6.10 Å². The second-order valence-corrected chi connectivity index (χ2v) is 7.12. The van der Waals surface area contributed by atoms with Crippen LogP contribution in [0.3, 0.4) is 0 Å². The van der Waals surface area contributed by atoms with Crippen LogP contribution in [0.1, 0.15) is 17.2 Å². The Morgan fingerprint density at radius 1 is 1.27 bits per heavy atom. The minimum absolute atomic E-state index is 0.00725. The molecule has 0 fully saturated rings. The normalized spacial score (nSPS) is 11.7. The number of ether oxygens (including phenoxy) is 2. The van der Waals surface area contributed by atoms with Crippen molar-refractivity contribution in [3.05, 3.63) is 58.4 Å². The van der Waals surface area contributed by atoms with Gasteiger partial charge in [-0.25, -0.2) is 0 Å². The molecule has 0 bridgehead atoms. The Hall–Kier alpha value is -3.17. The quantitative estimate of drug-likeness (QED) is 0.477. The van der Waals surface area contributed by atoms with Gasteiger partial charge in [0.1, 0.15) is 18.0 Å². The Morgan fingerprint density at radius 2 is 2.07 bits per heavy atom. The van der Waals surface area contributed by atoms with E-state index in [9.17, 15) is 9.90 Å². The highest BCUT2D eigenvalue weighted by molar-refractivity contribution is 7.71. The number of benzene rings is 2. The number of rotatable bonds is 8. The molecule has 1 unspecified atom stereocenters. The topological polar surface area (TPSA) is 101 Å². The highest BCUT2D eigenvalue weighted by atomic mass is 32.1. The van der Waals surface area contributed by atoms with Gasteiger partial charge in [-0.1, -0.05) is 23.8 Å². The van der Waals surface area contributed by atoms with Gasteiger partial charge in [-0.05, 0) is 43.4 Å². The lowest BCUT2D eigenvalue weighted by atomic mass is 10.1. The number of aliphatic hydroxyl groups is 1.